The Labute approximate surface area is 164 Å². The molecule has 3 rings (SSSR count). The molecular formula is C19H27N5O4. The minimum absolute atomic E-state index is 0.197. The molecule has 28 heavy (non-hydrogen) atoms. The SMILES string of the molecule is Cc1cnn(Cc2cc(C(=O)N3CCCN(C(=O)OC(C)(C)C)CC3)no2)c1. The largest absolute Gasteiger partial charge is 0.444 e. The van der Waals surface area contributed by atoms with E-state index in [4.69, 9.17) is 9.26 Å². The van der Waals surface area contributed by atoms with Crippen LogP contribution in [0.2, 0.25) is 0 Å². The summed E-state index contributed by atoms with van der Waals surface area (Å²) in [6, 6.07) is 1.65. The first kappa shape index (κ1) is 19.9. The van der Waals surface area contributed by atoms with Gasteiger partial charge < -0.3 is 19.1 Å². The molecule has 0 atom stereocenters. The van der Waals surface area contributed by atoms with Crippen LogP contribution in [0.3, 0.4) is 0 Å². The van der Waals surface area contributed by atoms with E-state index in [9.17, 15) is 9.59 Å². The number of aryl methyl sites for hydroxylation is 1. The summed E-state index contributed by atoms with van der Waals surface area (Å²) in [4.78, 5) is 28.4. The number of aromatic nitrogens is 3. The highest BCUT2D eigenvalue weighted by molar-refractivity contribution is 5.92. The van der Waals surface area contributed by atoms with E-state index < -0.39 is 5.60 Å². The Bertz CT molecular complexity index is 835. The molecule has 9 nitrogen and oxygen atoms in total. The van der Waals surface area contributed by atoms with E-state index in [0.717, 1.165) is 5.56 Å². The van der Waals surface area contributed by atoms with Crippen LogP contribution < -0.4 is 0 Å². The summed E-state index contributed by atoms with van der Waals surface area (Å²) >= 11 is 0. The van der Waals surface area contributed by atoms with Gasteiger partial charge in [-0.3, -0.25) is 9.48 Å². The molecule has 1 aliphatic rings. The van der Waals surface area contributed by atoms with Crippen LogP contribution in [-0.2, 0) is 11.3 Å². The zero-order valence-corrected chi connectivity index (χ0v) is 16.8. The molecule has 2 aromatic heterocycles. The van der Waals surface area contributed by atoms with E-state index in [1.54, 1.807) is 26.7 Å². The van der Waals surface area contributed by atoms with Crippen molar-refractivity contribution in [3.63, 3.8) is 0 Å². The van der Waals surface area contributed by atoms with Crippen molar-refractivity contribution in [2.45, 2.75) is 46.3 Å². The molecule has 0 saturated carbocycles. The molecule has 0 aliphatic carbocycles. The number of nitrogens with zero attached hydrogens (tertiary/aromatic N) is 5. The summed E-state index contributed by atoms with van der Waals surface area (Å²) in [5.41, 5.74) is 0.780. The van der Waals surface area contributed by atoms with Crippen LogP contribution in [0.4, 0.5) is 4.79 Å². The lowest BCUT2D eigenvalue weighted by atomic mass is 10.2. The van der Waals surface area contributed by atoms with Crippen molar-refractivity contribution in [1.29, 1.82) is 0 Å². The molecule has 0 spiro atoms. The zero-order chi connectivity index (χ0) is 20.3. The van der Waals surface area contributed by atoms with Crippen molar-refractivity contribution >= 4 is 12.0 Å². The lowest BCUT2D eigenvalue weighted by Gasteiger charge is -2.26. The maximum atomic E-state index is 12.8. The Morgan fingerprint density at radius 3 is 2.57 bits per heavy atom. The standard InChI is InChI=1S/C19H27N5O4/c1-14-11-20-24(12-14)13-15-10-16(21-28-15)17(25)22-6-5-7-23(9-8-22)18(26)27-19(2,3)4/h10-12H,5-9,13H2,1-4H3. The first-order valence-electron chi connectivity index (χ1n) is 9.43. The molecule has 1 saturated heterocycles. The van der Waals surface area contributed by atoms with Gasteiger partial charge in [-0.25, -0.2) is 4.79 Å². The van der Waals surface area contributed by atoms with Crippen molar-refractivity contribution in [2.75, 3.05) is 26.2 Å². The monoisotopic (exact) mass is 389 g/mol. The Morgan fingerprint density at radius 1 is 1.18 bits per heavy atom. The van der Waals surface area contributed by atoms with Crippen LogP contribution in [0.25, 0.3) is 0 Å². The van der Waals surface area contributed by atoms with Crippen LogP contribution in [-0.4, -0.2) is 68.5 Å². The summed E-state index contributed by atoms with van der Waals surface area (Å²) in [6.45, 7) is 9.86. The number of rotatable bonds is 3. The number of amides is 2. The summed E-state index contributed by atoms with van der Waals surface area (Å²) in [7, 11) is 0. The number of hydrogen-bond acceptors (Lipinski definition) is 6. The average Bonchev–Trinajstić information content (AvgIpc) is 3.14. The first-order chi connectivity index (χ1) is 13.2. The first-order valence-corrected chi connectivity index (χ1v) is 9.43. The molecular weight excluding hydrogens is 362 g/mol. The summed E-state index contributed by atoms with van der Waals surface area (Å²) in [5, 5.41) is 8.12. The van der Waals surface area contributed by atoms with E-state index in [0.29, 0.717) is 44.9 Å². The van der Waals surface area contributed by atoms with Crippen LogP contribution in [0, 0.1) is 6.92 Å². The molecule has 2 aromatic rings. The third kappa shape index (κ3) is 5.11. The lowest BCUT2D eigenvalue weighted by Crippen LogP contribution is -2.40. The van der Waals surface area contributed by atoms with Gasteiger partial charge in [0.2, 0.25) is 0 Å². The van der Waals surface area contributed by atoms with E-state index in [1.807, 2.05) is 33.9 Å². The molecule has 2 amide bonds. The molecule has 0 radical (unpaired) electrons. The van der Waals surface area contributed by atoms with Gasteiger partial charge in [-0.2, -0.15) is 5.10 Å². The normalized spacial score (nSPS) is 15.4. The highest BCUT2D eigenvalue weighted by atomic mass is 16.6. The van der Waals surface area contributed by atoms with E-state index in [2.05, 4.69) is 10.3 Å². The summed E-state index contributed by atoms with van der Waals surface area (Å²) in [5.74, 6) is 0.370. The zero-order valence-electron chi connectivity index (χ0n) is 16.8. The van der Waals surface area contributed by atoms with Gasteiger partial charge in [-0.05, 0) is 39.7 Å². The molecule has 1 aliphatic heterocycles. The fourth-order valence-electron chi connectivity index (χ4n) is 2.99. The Hall–Kier alpha value is -2.84. The second-order valence-corrected chi connectivity index (χ2v) is 8.01. The van der Waals surface area contributed by atoms with Gasteiger partial charge in [0, 0.05) is 38.4 Å². The quantitative estimate of drug-likeness (QED) is 0.800. The minimum atomic E-state index is -0.539. The topological polar surface area (TPSA) is 93.7 Å². The number of ether oxygens (including phenoxy) is 1. The predicted octanol–water partition coefficient (Wildman–Crippen LogP) is 2.31. The van der Waals surface area contributed by atoms with Crippen LogP contribution in [0.5, 0.6) is 0 Å². The van der Waals surface area contributed by atoms with E-state index in [-0.39, 0.29) is 17.7 Å². The van der Waals surface area contributed by atoms with Crippen LogP contribution in [0.1, 0.15) is 49.0 Å². The fourth-order valence-corrected chi connectivity index (χ4v) is 2.99. The van der Waals surface area contributed by atoms with Crippen molar-refractivity contribution in [2.24, 2.45) is 0 Å². The Balaban J connectivity index is 1.58. The second kappa shape index (κ2) is 8.04. The summed E-state index contributed by atoms with van der Waals surface area (Å²) < 4.78 is 12.4. The highest BCUT2D eigenvalue weighted by Crippen LogP contribution is 2.14. The van der Waals surface area contributed by atoms with Gasteiger partial charge in [-0.15, -0.1) is 0 Å². The molecule has 0 unspecified atom stereocenters. The van der Waals surface area contributed by atoms with Crippen LogP contribution >= 0.6 is 0 Å². The van der Waals surface area contributed by atoms with Gasteiger partial charge in [0.05, 0.1) is 6.20 Å². The van der Waals surface area contributed by atoms with Crippen molar-refractivity contribution < 1.29 is 18.8 Å². The maximum absolute atomic E-state index is 12.8. The predicted molar refractivity (Wildman–Crippen MR) is 101 cm³/mol. The molecule has 9 heteroatoms. The van der Waals surface area contributed by atoms with Gasteiger partial charge >= 0.3 is 6.09 Å². The average molecular weight is 389 g/mol. The maximum Gasteiger partial charge on any atom is 0.410 e. The smallest absolute Gasteiger partial charge is 0.410 e. The van der Waals surface area contributed by atoms with Gasteiger partial charge in [0.1, 0.15) is 12.1 Å². The number of carbonyl (C=O) groups excluding carboxylic acids is 2. The number of carbonyl (C=O) groups is 2. The van der Waals surface area contributed by atoms with E-state index >= 15 is 0 Å². The molecule has 0 aromatic carbocycles. The lowest BCUT2D eigenvalue weighted by molar-refractivity contribution is 0.0255. The van der Waals surface area contributed by atoms with Gasteiger partial charge in [0.25, 0.3) is 5.91 Å². The highest BCUT2D eigenvalue weighted by Gasteiger charge is 2.27. The Kier molecular flexibility index (Phi) is 5.71. The molecule has 152 valence electrons. The molecule has 1 fully saturated rings. The van der Waals surface area contributed by atoms with Gasteiger partial charge in [0.15, 0.2) is 11.5 Å². The molecule has 0 N–H and O–H groups in total. The fraction of sp³-hybridized carbons (Fsp3) is 0.579. The third-order valence-electron chi connectivity index (χ3n) is 4.29. The molecule has 0 bridgehead atoms. The van der Waals surface area contributed by atoms with Crippen molar-refractivity contribution in [3.8, 4) is 0 Å². The van der Waals surface area contributed by atoms with Crippen LogP contribution in [0.15, 0.2) is 23.0 Å². The van der Waals surface area contributed by atoms with Crippen molar-refractivity contribution in [1.82, 2.24) is 24.7 Å². The molecule has 3 heterocycles. The second-order valence-electron chi connectivity index (χ2n) is 8.01. The minimum Gasteiger partial charge on any atom is -0.444 e. The van der Waals surface area contributed by atoms with Crippen molar-refractivity contribution in [3.05, 3.63) is 35.5 Å². The summed E-state index contributed by atoms with van der Waals surface area (Å²) in [6.07, 6.45) is 3.99. The Morgan fingerprint density at radius 2 is 1.89 bits per heavy atom. The van der Waals surface area contributed by atoms with Gasteiger partial charge in [-0.1, -0.05) is 5.16 Å². The van der Waals surface area contributed by atoms with E-state index in [1.165, 1.54) is 0 Å². The number of hydrogen-bond donors (Lipinski definition) is 0. The third-order valence-corrected chi connectivity index (χ3v) is 4.29.